The van der Waals surface area contributed by atoms with Gasteiger partial charge in [0.25, 0.3) is 5.91 Å². The van der Waals surface area contributed by atoms with Gasteiger partial charge in [-0.25, -0.2) is 5.84 Å². The maximum Gasteiger partial charge on any atom is 0.417 e. The molecule has 1 aromatic heterocycles. The smallest absolute Gasteiger partial charge is 0.342 e. The topological polar surface area (TPSA) is 130 Å². The van der Waals surface area contributed by atoms with Crippen LogP contribution in [0, 0.1) is 5.92 Å². The van der Waals surface area contributed by atoms with E-state index in [9.17, 15) is 22.8 Å². The fourth-order valence-electron chi connectivity index (χ4n) is 6.45. The summed E-state index contributed by atoms with van der Waals surface area (Å²) in [5.41, 5.74) is 3.48. The van der Waals surface area contributed by atoms with Crippen molar-refractivity contribution in [2.45, 2.75) is 76.4 Å². The first-order chi connectivity index (χ1) is 20.2. The summed E-state index contributed by atoms with van der Waals surface area (Å²) in [6.45, 7) is 3.44. The van der Waals surface area contributed by atoms with Crippen molar-refractivity contribution in [3.8, 4) is 0 Å². The standard InChI is InChI=1S/C30H40F3N7O2/c1-2-6-26-23(9-5-16-40(26)29(42)24-19-36-15-12-25(24)30(31,32)33)28(41)39-17-13-21(14-18-39)22-8-4-3-7-20(22)10-11-27(37-34)38-35/h3-4,7-8,12,15,19,21,23,26H,2,5-6,9-11,13-14,16-18,34-35H2,1H3,(H,37,38). The number of hydrazone groups is 1. The van der Waals surface area contributed by atoms with E-state index in [-0.39, 0.29) is 11.8 Å². The van der Waals surface area contributed by atoms with Gasteiger partial charge in [0.1, 0.15) is 5.84 Å². The van der Waals surface area contributed by atoms with Crippen molar-refractivity contribution >= 4 is 17.6 Å². The molecule has 2 aromatic rings. The van der Waals surface area contributed by atoms with E-state index in [0.29, 0.717) is 57.6 Å². The van der Waals surface area contributed by atoms with Crippen LogP contribution in [0.1, 0.15) is 84.8 Å². The molecule has 0 saturated carbocycles. The second-order valence-electron chi connectivity index (χ2n) is 11.0. The number of nitrogens with zero attached hydrogens (tertiary/aromatic N) is 4. The summed E-state index contributed by atoms with van der Waals surface area (Å²) >= 11 is 0. The van der Waals surface area contributed by atoms with Crippen molar-refractivity contribution in [3.63, 3.8) is 0 Å². The van der Waals surface area contributed by atoms with Crippen LogP contribution in [0.25, 0.3) is 0 Å². The third-order valence-corrected chi connectivity index (χ3v) is 8.55. The van der Waals surface area contributed by atoms with Gasteiger partial charge in [-0.05, 0) is 61.6 Å². The molecule has 2 atom stereocenters. The summed E-state index contributed by atoms with van der Waals surface area (Å²) < 4.78 is 41.0. The third-order valence-electron chi connectivity index (χ3n) is 8.55. The van der Waals surface area contributed by atoms with Gasteiger partial charge >= 0.3 is 6.18 Å². The van der Waals surface area contributed by atoms with Crippen LogP contribution in [-0.4, -0.2) is 58.1 Å². The van der Waals surface area contributed by atoms with E-state index >= 15 is 0 Å². The number of benzene rings is 1. The Morgan fingerprint density at radius 1 is 1.12 bits per heavy atom. The number of nitrogens with one attached hydrogen (secondary N) is 1. The average Bonchev–Trinajstić information content (AvgIpc) is 3.01. The molecule has 0 spiro atoms. The van der Waals surface area contributed by atoms with E-state index in [1.54, 1.807) is 0 Å². The number of amidine groups is 1. The van der Waals surface area contributed by atoms with Gasteiger partial charge < -0.3 is 21.1 Å². The largest absolute Gasteiger partial charge is 0.417 e. The molecule has 0 bridgehead atoms. The zero-order valence-corrected chi connectivity index (χ0v) is 23.9. The van der Waals surface area contributed by atoms with E-state index < -0.39 is 35.2 Å². The molecule has 2 fully saturated rings. The van der Waals surface area contributed by atoms with Crippen molar-refractivity contribution in [2.24, 2.45) is 22.7 Å². The second kappa shape index (κ2) is 14.0. The lowest BCUT2D eigenvalue weighted by Crippen LogP contribution is -2.54. The average molecular weight is 588 g/mol. The van der Waals surface area contributed by atoms with Gasteiger partial charge in [-0.2, -0.15) is 18.3 Å². The fourth-order valence-corrected chi connectivity index (χ4v) is 6.45. The number of aromatic nitrogens is 1. The number of alkyl halides is 3. The van der Waals surface area contributed by atoms with E-state index in [2.05, 4.69) is 27.6 Å². The van der Waals surface area contributed by atoms with E-state index in [1.165, 1.54) is 16.0 Å². The van der Waals surface area contributed by atoms with Crippen LogP contribution < -0.4 is 17.1 Å². The summed E-state index contributed by atoms with van der Waals surface area (Å²) in [4.78, 5) is 34.5. The van der Waals surface area contributed by atoms with E-state index in [4.69, 9.17) is 11.7 Å². The molecule has 9 nitrogen and oxygen atoms in total. The molecule has 42 heavy (non-hydrogen) atoms. The van der Waals surface area contributed by atoms with Gasteiger partial charge in [0, 0.05) is 44.5 Å². The number of piperidine rings is 2. The van der Waals surface area contributed by atoms with Crippen LogP contribution in [0.3, 0.4) is 0 Å². The predicted molar refractivity (Wildman–Crippen MR) is 154 cm³/mol. The van der Waals surface area contributed by atoms with Gasteiger partial charge in [-0.3, -0.25) is 14.6 Å². The molecule has 0 radical (unpaired) electrons. The molecule has 3 heterocycles. The minimum Gasteiger partial charge on any atom is -0.342 e. The highest BCUT2D eigenvalue weighted by atomic mass is 19.4. The van der Waals surface area contributed by atoms with Gasteiger partial charge in [-0.1, -0.05) is 37.6 Å². The number of hydrogen-bond donors (Lipinski definition) is 3. The van der Waals surface area contributed by atoms with Crippen molar-refractivity contribution in [1.82, 2.24) is 20.2 Å². The Morgan fingerprint density at radius 3 is 2.52 bits per heavy atom. The molecule has 1 aromatic carbocycles. The lowest BCUT2D eigenvalue weighted by Gasteiger charge is -2.43. The number of hydrogen-bond acceptors (Lipinski definition) is 6. The van der Waals surface area contributed by atoms with Crippen LogP contribution >= 0.6 is 0 Å². The van der Waals surface area contributed by atoms with Crippen molar-refractivity contribution < 1.29 is 22.8 Å². The van der Waals surface area contributed by atoms with Crippen molar-refractivity contribution in [2.75, 3.05) is 19.6 Å². The Labute approximate surface area is 244 Å². The van der Waals surface area contributed by atoms with Crippen LogP contribution in [0.5, 0.6) is 0 Å². The number of rotatable bonds is 8. The Morgan fingerprint density at radius 2 is 1.86 bits per heavy atom. The van der Waals surface area contributed by atoms with Crippen LogP contribution in [0.2, 0.25) is 0 Å². The fraction of sp³-hybridized carbons (Fsp3) is 0.533. The number of halogens is 3. The van der Waals surface area contributed by atoms with Crippen LogP contribution in [0.15, 0.2) is 47.8 Å². The maximum absolute atomic E-state index is 13.9. The van der Waals surface area contributed by atoms with Crippen molar-refractivity contribution in [3.05, 3.63) is 65.0 Å². The highest BCUT2D eigenvalue weighted by molar-refractivity contribution is 5.96. The summed E-state index contributed by atoms with van der Waals surface area (Å²) in [5, 5.41) is 3.66. The Kier molecular flexibility index (Phi) is 10.4. The number of likely N-dealkylation sites (tertiary alicyclic amines) is 2. The Bertz CT molecular complexity index is 1260. The third kappa shape index (κ3) is 7.03. The molecule has 2 amide bonds. The molecule has 2 saturated heterocycles. The highest BCUT2D eigenvalue weighted by Crippen LogP contribution is 2.36. The number of pyridine rings is 1. The molecule has 4 rings (SSSR count). The lowest BCUT2D eigenvalue weighted by molar-refractivity contribution is -0.141. The number of carbonyl (C=O) groups excluding carboxylic acids is 2. The first-order valence-electron chi connectivity index (χ1n) is 14.6. The quantitative estimate of drug-likeness (QED) is 0.184. The monoisotopic (exact) mass is 587 g/mol. The summed E-state index contributed by atoms with van der Waals surface area (Å²) in [7, 11) is 0. The Hall–Kier alpha value is -3.67. The summed E-state index contributed by atoms with van der Waals surface area (Å²) in [6, 6.07) is 8.61. The van der Waals surface area contributed by atoms with Gasteiger partial charge in [0.15, 0.2) is 0 Å². The highest BCUT2D eigenvalue weighted by Gasteiger charge is 2.43. The molecule has 2 unspecified atom stereocenters. The number of aryl methyl sites for hydroxylation is 1. The second-order valence-corrected chi connectivity index (χ2v) is 11.0. The number of amides is 2. The summed E-state index contributed by atoms with van der Waals surface area (Å²) in [5.74, 6) is 10.5. The number of carbonyl (C=O) groups is 2. The first-order valence-corrected chi connectivity index (χ1v) is 14.6. The van der Waals surface area contributed by atoms with Crippen LogP contribution in [-0.2, 0) is 17.4 Å². The summed E-state index contributed by atoms with van der Waals surface area (Å²) in [6.07, 6.45) is 2.66. The molecule has 5 N–H and O–H groups in total. The minimum absolute atomic E-state index is 0.0160. The normalized spacial score (nSPS) is 20.5. The molecule has 2 aliphatic rings. The van der Waals surface area contributed by atoms with E-state index in [0.717, 1.165) is 37.7 Å². The van der Waals surface area contributed by atoms with Gasteiger partial charge in [-0.15, -0.1) is 0 Å². The van der Waals surface area contributed by atoms with Crippen molar-refractivity contribution in [1.29, 1.82) is 0 Å². The number of nitrogens with two attached hydrogens (primary N) is 2. The van der Waals surface area contributed by atoms with Gasteiger partial charge in [0.2, 0.25) is 5.91 Å². The molecule has 0 aliphatic carbocycles. The maximum atomic E-state index is 13.9. The minimum atomic E-state index is -4.68. The molecular weight excluding hydrogens is 547 g/mol. The van der Waals surface area contributed by atoms with Gasteiger partial charge in [0.05, 0.1) is 17.0 Å². The van der Waals surface area contributed by atoms with E-state index in [1.807, 2.05) is 24.0 Å². The Balaban J connectivity index is 1.46. The zero-order chi connectivity index (χ0) is 30.3. The molecular formula is C30H40F3N7O2. The lowest BCUT2D eigenvalue weighted by atomic mass is 9.82. The van der Waals surface area contributed by atoms with Crippen LogP contribution in [0.4, 0.5) is 13.2 Å². The first kappa shape index (κ1) is 31.3. The number of hydrazine groups is 1. The molecule has 2 aliphatic heterocycles. The molecule has 12 heteroatoms. The zero-order valence-electron chi connectivity index (χ0n) is 23.9. The SMILES string of the molecule is CCCC1C(C(=O)N2CCC(c3ccccc3CC/C(=N/N)NN)CC2)CCCN1C(=O)c1cnccc1C(F)(F)F. The molecule has 228 valence electrons. The predicted octanol–water partition coefficient (Wildman–Crippen LogP) is 4.20.